The molecular weight excluding hydrogens is 272 g/mol. The zero-order valence-corrected chi connectivity index (χ0v) is 10.7. The standard InChI is InChI=1S/C12H9ClN2O4/c1-2-19-12(16)9-6-7-5-8(15(17)18)3-4-10(7)14-11(9)13/h3-6H,2H2,1H3. The number of aromatic nitrogens is 1. The van der Waals surface area contributed by atoms with Gasteiger partial charge in [-0.3, -0.25) is 10.1 Å². The molecule has 1 heterocycles. The minimum atomic E-state index is -0.603. The molecule has 0 saturated heterocycles. The summed E-state index contributed by atoms with van der Waals surface area (Å²) < 4.78 is 4.84. The highest BCUT2D eigenvalue weighted by Crippen LogP contribution is 2.24. The van der Waals surface area contributed by atoms with Crippen LogP contribution in [0.5, 0.6) is 0 Å². The highest BCUT2D eigenvalue weighted by molar-refractivity contribution is 6.33. The summed E-state index contributed by atoms with van der Waals surface area (Å²) in [6, 6.07) is 5.58. The van der Waals surface area contributed by atoms with Crippen LogP contribution < -0.4 is 0 Å². The maximum absolute atomic E-state index is 11.6. The van der Waals surface area contributed by atoms with E-state index in [-0.39, 0.29) is 23.0 Å². The van der Waals surface area contributed by atoms with E-state index in [1.54, 1.807) is 6.92 Å². The summed E-state index contributed by atoms with van der Waals surface area (Å²) >= 11 is 5.89. The van der Waals surface area contributed by atoms with Gasteiger partial charge in [-0.25, -0.2) is 9.78 Å². The van der Waals surface area contributed by atoms with Crippen LogP contribution in [0.3, 0.4) is 0 Å². The van der Waals surface area contributed by atoms with Crippen LogP contribution in [-0.4, -0.2) is 22.5 Å². The second kappa shape index (κ2) is 5.19. The van der Waals surface area contributed by atoms with Gasteiger partial charge in [0.25, 0.3) is 5.69 Å². The van der Waals surface area contributed by atoms with Crippen LogP contribution >= 0.6 is 11.6 Å². The summed E-state index contributed by atoms with van der Waals surface area (Å²) in [5, 5.41) is 11.2. The summed E-state index contributed by atoms with van der Waals surface area (Å²) in [6.07, 6.45) is 0. The van der Waals surface area contributed by atoms with Gasteiger partial charge in [-0.2, -0.15) is 0 Å². The lowest BCUT2D eigenvalue weighted by molar-refractivity contribution is -0.384. The molecule has 7 heteroatoms. The average molecular weight is 281 g/mol. The van der Waals surface area contributed by atoms with Crippen LogP contribution in [-0.2, 0) is 4.74 Å². The molecular formula is C12H9ClN2O4. The van der Waals surface area contributed by atoms with Gasteiger partial charge < -0.3 is 4.74 Å². The molecule has 2 aromatic rings. The highest BCUT2D eigenvalue weighted by atomic mass is 35.5. The van der Waals surface area contributed by atoms with Crippen molar-refractivity contribution in [2.75, 3.05) is 6.61 Å². The van der Waals surface area contributed by atoms with Crippen molar-refractivity contribution in [3.63, 3.8) is 0 Å². The fourth-order valence-electron chi connectivity index (χ4n) is 1.61. The number of esters is 1. The number of nitro groups is 1. The van der Waals surface area contributed by atoms with Gasteiger partial charge in [0, 0.05) is 17.5 Å². The SMILES string of the molecule is CCOC(=O)c1cc2cc([N+](=O)[O-])ccc2nc1Cl. The molecule has 0 aliphatic carbocycles. The average Bonchev–Trinajstić information content (AvgIpc) is 2.37. The number of hydrogen-bond donors (Lipinski definition) is 0. The number of ether oxygens (including phenoxy) is 1. The summed E-state index contributed by atoms with van der Waals surface area (Å²) in [6.45, 7) is 1.88. The number of non-ortho nitro benzene ring substituents is 1. The smallest absolute Gasteiger partial charge is 0.341 e. The lowest BCUT2D eigenvalue weighted by atomic mass is 10.1. The largest absolute Gasteiger partial charge is 0.462 e. The highest BCUT2D eigenvalue weighted by Gasteiger charge is 2.15. The van der Waals surface area contributed by atoms with Gasteiger partial charge in [-0.15, -0.1) is 0 Å². The molecule has 0 aliphatic heterocycles. The Morgan fingerprint density at radius 2 is 2.21 bits per heavy atom. The van der Waals surface area contributed by atoms with Crippen molar-refractivity contribution in [1.29, 1.82) is 0 Å². The predicted molar refractivity (Wildman–Crippen MR) is 69.4 cm³/mol. The van der Waals surface area contributed by atoms with E-state index in [0.717, 1.165) is 0 Å². The molecule has 0 fully saturated rings. The summed E-state index contributed by atoms with van der Waals surface area (Å²) in [7, 11) is 0. The summed E-state index contributed by atoms with van der Waals surface area (Å²) in [4.78, 5) is 25.9. The first-order valence-corrected chi connectivity index (χ1v) is 5.82. The van der Waals surface area contributed by atoms with E-state index in [2.05, 4.69) is 4.98 Å². The maximum Gasteiger partial charge on any atom is 0.341 e. The third-order valence-electron chi connectivity index (χ3n) is 2.46. The Bertz CT molecular complexity index is 672. The summed E-state index contributed by atoms with van der Waals surface area (Å²) in [5.74, 6) is -0.603. The molecule has 6 nitrogen and oxygen atoms in total. The third kappa shape index (κ3) is 2.63. The van der Waals surface area contributed by atoms with E-state index < -0.39 is 10.9 Å². The normalized spacial score (nSPS) is 10.4. The number of nitrogens with zero attached hydrogens (tertiary/aromatic N) is 2. The zero-order chi connectivity index (χ0) is 14.0. The van der Waals surface area contributed by atoms with Crippen LogP contribution in [0.1, 0.15) is 17.3 Å². The Balaban J connectivity index is 2.58. The van der Waals surface area contributed by atoms with Crippen LogP contribution in [0.15, 0.2) is 24.3 Å². The van der Waals surface area contributed by atoms with E-state index >= 15 is 0 Å². The molecule has 0 unspecified atom stereocenters. The van der Waals surface area contributed by atoms with E-state index in [9.17, 15) is 14.9 Å². The third-order valence-corrected chi connectivity index (χ3v) is 2.75. The summed E-state index contributed by atoms with van der Waals surface area (Å²) in [5.41, 5.74) is 0.492. The Morgan fingerprint density at radius 1 is 1.47 bits per heavy atom. The molecule has 19 heavy (non-hydrogen) atoms. The first-order valence-electron chi connectivity index (χ1n) is 5.44. The fourth-order valence-corrected chi connectivity index (χ4v) is 1.83. The molecule has 0 N–H and O–H groups in total. The molecule has 0 spiro atoms. The van der Waals surface area contributed by atoms with Crippen molar-refractivity contribution in [3.05, 3.63) is 45.1 Å². The van der Waals surface area contributed by atoms with Crippen molar-refractivity contribution in [2.45, 2.75) is 6.92 Å². The molecule has 0 radical (unpaired) electrons. The Labute approximate surface area is 113 Å². The number of nitro benzene ring substituents is 1. The minimum absolute atomic E-state index is 0.0137. The second-order valence-electron chi connectivity index (χ2n) is 3.68. The molecule has 0 atom stereocenters. The van der Waals surface area contributed by atoms with Crippen molar-refractivity contribution >= 4 is 34.2 Å². The first-order chi connectivity index (χ1) is 9.02. The van der Waals surface area contributed by atoms with Crippen LogP contribution in [0, 0.1) is 10.1 Å². The number of benzene rings is 1. The Hall–Kier alpha value is -2.21. The van der Waals surface area contributed by atoms with Crippen LogP contribution in [0.25, 0.3) is 10.9 Å². The second-order valence-corrected chi connectivity index (χ2v) is 4.04. The van der Waals surface area contributed by atoms with Crippen molar-refractivity contribution in [1.82, 2.24) is 4.98 Å². The lowest BCUT2D eigenvalue weighted by Crippen LogP contribution is -2.06. The number of carbonyl (C=O) groups is 1. The van der Waals surface area contributed by atoms with Gasteiger partial charge in [-0.1, -0.05) is 11.6 Å². The quantitative estimate of drug-likeness (QED) is 0.373. The molecule has 0 bridgehead atoms. The number of hydrogen-bond acceptors (Lipinski definition) is 5. The Kier molecular flexibility index (Phi) is 3.62. The molecule has 2 rings (SSSR count). The first kappa shape index (κ1) is 13.2. The van der Waals surface area contributed by atoms with E-state index in [1.165, 1.54) is 24.3 Å². The monoisotopic (exact) mass is 280 g/mol. The van der Waals surface area contributed by atoms with Gasteiger partial charge in [0.1, 0.15) is 5.15 Å². The number of halogens is 1. The molecule has 98 valence electrons. The lowest BCUT2D eigenvalue weighted by Gasteiger charge is -2.05. The van der Waals surface area contributed by atoms with Gasteiger partial charge in [-0.05, 0) is 19.1 Å². The predicted octanol–water partition coefficient (Wildman–Crippen LogP) is 2.97. The minimum Gasteiger partial charge on any atom is -0.462 e. The van der Waals surface area contributed by atoms with Crippen LogP contribution in [0.4, 0.5) is 5.69 Å². The van der Waals surface area contributed by atoms with E-state index in [0.29, 0.717) is 10.9 Å². The topological polar surface area (TPSA) is 82.3 Å². The van der Waals surface area contributed by atoms with Gasteiger partial charge in [0.15, 0.2) is 0 Å². The van der Waals surface area contributed by atoms with Gasteiger partial charge >= 0.3 is 5.97 Å². The molecule has 0 saturated carbocycles. The number of pyridine rings is 1. The maximum atomic E-state index is 11.6. The Morgan fingerprint density at radius 3 is 2.84 bits per heavy atom. The molecule has 0 aliphatic rings. The van der Waals surface area contributed by atoms with E-state index in [1.807, 2.05) is 0 Å². The number of fused-ring (bicyclic) bond motifs is 1. The molecule has 1 aromatic carbocycles. The van der Waals surface area contributed by atoms with Gasteiger partial charge in [0.05, 0.1) is 22.6 Å². The molecule has 1 aromatic heterocycles. The van der Waals surface area contributed by atoms with Gasteiger partial charge in [0.2, 0.25) is 0 Å². The fraction of sp³-hybridized carbons (Fsp3) is 0.167. The van der Waals surface area contributed by atoms with Crippen molar-refractivity contribution in [3.8, 4) is 0 Å². The van der Waals surface area contributed by atoms with Crippen molar-refractivity contribution in [2.24, 2.45) is 0 Å². The molecule has 0 amide bonds. The van der Waals surface area contributed by atoms with E-state index in [4.69, 9.17) is 16.3 Å². The number of rotatable bonds is 3. The zero-order valence-electron chi connectivity index (χ0n) is 9.92. The number of carbonyl (C=O) groups excluding carboxylic acids is 1. The van der Waals surface area contributed by atoms with Crippen LogP contribution in [0.2, 0.25) is 5.15 Å². The van der Waals surface area contributed by atoms with Crippen molar-refractivity contribution < 1.29 is 14.5 Å².